The van der Waals surface area contributed by atoms with Crippen molar-refractivity contribution in [1.29, 1.82) is 0 Å². The summed E-state index contributed by atoms with van der Waals surface area (Å²) in [4.78, 5) is 4.53. The maximum Gasteiger partial charge on any atom is 0.0677 e. The Morgan fingerprint density at radius 3 is 1.56 bits per heavy atom. The SMILES string of the molecule is C=C(CS)c1cc(C(=C)CS)nc(C(=C)CS)c1. The number of rotatable bonds is 6. The zero-order valence-corrected chi connectivity index (χ0v) is 12.9. The van der Waals surface area contributed by atoms with Gasteiger partial charge in [-0.15, -0.1) is 0 Å². The molecule has 1 nitrogen and oxygen atoms in total. The molecule has 1 rings (SSSR count). The molecule has 0 atom stereocenters. The first-order valence-corrected chi connectivity index (χ1v) is 7.32. The molecule has 1 heterocycles. The molecular weight excluding hydrogens is 278 g/mol. The summed E-state index contributed by atoms with van der Waals surface area (Å²) >= 11 is 12.7. The predicted molar refractivity (Wildman–Crippen MR) is 92.9 cm³/mol. The highest BCUT2D eigenvalue weighted by Crippen LogP contribution is 2.23. The van der Waals surface area contributed by atoms with E-state index in [2.05, 4.69) is 62.6 Å². The Hall–Kier alpha value is -0.580. The van der Waals surface area contributed by atoms with Gasteiger partial charge < -0.3 is 0 Å². The van der Waals surface area contributed by atoms with Crippen molar-refractivity contribution in [2.45, 2.75) is 0 Å². The minimum atomic E-state index is 0.566. The van der Waals surface area contributed by atoms with Crippen molar-refractivity contribution >= 4 is 54.6 Å². The van der Waals surface area contributed by atoms with Gasteiger partial charge in [-0.1, -0.05) is 19.7 Å². The monoisotopic (exact) mass is 295 g/mol. The van der Waals surface area contributed by atoms with Gasteiger partial charge >= 0.3 is 0 Å². The maximum atomic E-state index is 4.53. The summed E-state index contributed by atoms with van der Waals surface area (Å²) < 4.78 is 0. The third-order valence-corrected chi connectivity index (χ3v) is 3.68. The molecule has 18 heavy (non-hydrogen) atoms. The van der Waals surface area contributed by atoms with Gasteiger partial charge in [-0.3, -0.25) is 0 Å². The molecular formula is C14H17NS3. The van der Waals surface area contributed by atoms with Crippen LogP contribution in [0.25, 0.3) is 16.7 Å². The highest BCUT2D eigenvalue weighted by Gasteiger charge is 2.08. The fourth-order valence-corrected chi connectivity index (χ4v) is 1.86. The van der Waals surface area contributed by atoms with E-state index in [4.69, 9.17) is 0 Å². The number of nitrogens with zero attached hydrogens (tertiary/aromatic N) is 1. The van der Waals surface area contributed by atoms with E-state index in [9.17, 15) is 0 Å². The second-order valence-electron chi connectivity index (χ2n) is 3.91. The van der Waals surface area contributed by atoms with Gasteiger partial charge in [0, 0.05) is 17.3 Å². The number of hydrogen-bond donors (Lipinski definition) is 3. The van der Waals surface area contributed by atoms with Crippen molar-refractivity contribution in [3.8, 4) is 0 Å². The van der Waals surface area contributed by atoms with Crippen molar-refractivity contribution in [1.82, 2.24) is 4.98 Å². The van der Waals surface area contributed by atoms with Gasteiger partial charge in [0.15, 0.2) is 0 Å². The van der Waals surface area contributed by atoms with Crippen LogP contribution >= 0.6 is 37.9 Å². The molecule has 0 saturated carbocycles. The summed E-state index contributed by atoms with van der Waals surface area (Å²) in [6.07, 6.45) is 0. The molecule has 0 aliphatic rings. The Balaban J connectivity index is 3.32. The molecule has 0 aliphatic heterocycles. The number of hydrogen-bond acceptors (Lipinski definition) is 4. The van der Waals surface area contributed by atoms with Crippen LogP contribution in [0.5, 0.6) is 0 Å². The molecule has 0 saturated heterocycles. The molecule has 1 aromatic rings. The van der Waals surface area contributed by atoms with E-state index in [1.165, 1.54) is 0 Å². The Labute approximate surface area is 125 Å². The molecule has 0 amide bonds. The van der Waals surface area contributed by atoms with E-state index in [0.29, 0.717) is 17.3 Å². The van der Waals surface area contributed by atoms with Gasteiger partial charge in [0.05, 0.1) is 11.4 Å². The Bertz CT molecular complexity index is 408. The topological polar surface area (TPSA) is 12.9 Å². The van der Waals surface area contributed by atoms with Gasteiger partial charge in [0.1, 0.15) is 0 Å². The Morgan fingerprint density at radius 1 is 0.833 bits per heavy atom. The van der Waals surface area contributed by atoms with E-state index in [0.717, 1.165) is 33.7 Å². The molecule has 4 heteroatoms. The molecule has 0 unspecified atom stereocenters. The second-order valence-corrected chi connectivity index (χ2v) is 4.86. The summed E-state index contributed by atoms with van der Waals surface area (Å²) in [5, 5.41) is 0. The van der Waals surface area contributed by atoms with Gasteiger partial charge in [-0.2, -0.15) is 37.9 Å². The lowest BCUT2D eigenvalue weighted by molar-refractivity contribution is 1.22. The smallest absolute Gasteiger partial charge is 0.0677 e. The van der Waals surface area contributed by atoms with Crippen LogP contribution in [-0.4, -0.2) is 22.2 Å². The molecule has 0 aliphatic carbocycles. The quantitative estimate of drug-likeness (QED) is 0.676. The van der Waals surface area contributed by atoms with Crippen molar-refractivity contribution in [2.75, 3.05) is 17.3 Å². The minimum Gasteiger partial charge on any atom is -0.248 e. The van der Waals surface area contributed by atoms with Crippen LogP contribution in [0.3, 0.4) is 0 Å². The van der Waals surface area contributed by atoms with Gasteiger partial charge in [0.2, 0.25) is 0 Å². The summed E-state index contributed by atoms with van der Waals surface area (Å²) in [7, 11) is 0. The third-order valence-electron chi connectivity index (χ3n) is 2.53. The van der Waals surface area contributed by atoms with Crippen LogP contribution in [0.2, 0.25) is 0 Å². The lowest BCUT2D eigenvalue weighted by Gasteiger charge is -2.11. The average Bonchev–Trinajstić information content (AvgIpc) is 2.43. The lowest BCUT2D eigenvalue weighted by atomic mass is 10.0. The molecule has 0 radical (unpaired) electrons. The first kappa shape index (κ1) is 15.5. The molecule has 96 valence electrons. The van der Waals surface area contributed by atoms with Crippen molar-refractivity contribution in [3.63, 3.8) is 0 Å². The molecule has 0 aromatic carbocycles. The van der Waals surface area contributed by atoms with Crippen LogP contribution < -0.4 is 0 Å². The fraction of sp³-hybridized carbons (Fsp3) is 0.214. The maximum absolute atomic E-state index is 4.53. The summed E-state index contributed by atoms with van der Waals surface area (Å²) in [6.45, 7) is 11.9. The van der Waals surface area contributed by atoms with Crippen LogP contribution in [0.1, 0.15) is 17.0 Å². The van der Waals surface area contributed by atoms with E-state index in [-0.39, 0.29) is 0 Å². The number of aromatic nitrogens is 1. The largest absolute Gasteiger partial charge is 0.248 e. The fourth-order valence-electron chi connectivity index (χ4n) is 1.35. The van der Waals surface area contributed by atoms with E-state index in [1.807, 2.05) is 12.1 Å². The summed E-state index contributed by atoms with van der Waals surface area (Å²) in [6, 6.07) is 3.93. The van der Waals surface area contributed by atoms with Crippen molar-refractivity contribution < 1.29 is 0 Å². The van der Waals surface area contributed by atoms with E-state index in [1.54, 1.807) is 0 Å². The van der Waals surface area contributed by atoms with Crippen molar-refractivity contribution in [2.24, 2.45) is 0 Å². The predicted octanol–water partition coefficient (Wildman–Crippen LogP) is 3.91. The summed E-state index contributed by atoms with van der Waals surface area (Å²) in [5.74, 6) is 1.73. The first-order valence-electron chi connectivity index (χ1n) is 5.42. The number of pyridine rings is 1. The zero-order valence-electron chi connectivity index (χ0n) is 10.2. The highest BCUT2D eigenvalue weighted by atomic mass is 32.1. The zero-order chi connectivity index (χ0) is 13.7. The Morgan fingerprint density at radius 2 is 1.22 bits per heavy atom. The second kappa shape index (κ2) is 7.12. The van der Waals surface area contributed by atoms with Crippen LogP contribution in [0, 0.1) is 0 Å². The van der Waals surface area contributed by atoms with E-state index >= 15 is 0 Å². The highest BCUT2D eigenvalue weighted by molar-refractivity contribution is 7.81. The Kier molecular flexibility index (Phi) is 6.12. The normalized spacial score (nSPS) is 10.2. The lowest BCUT2D eigenvalue weighted by Crippen LogP contribution is -1.99. The molecule has 1 aromatic heterocycles. The summed E-state index contributed by atoms with van der Waals surface area (Å²) in [5.41, 5.74) is 5.35. The molecule has 0 N–H and O–H groups in total. The van der Waals surface area contributed by atoms with Gasteiger partial charge in [-0.25, -0.2) is 4.98 Å². The van der Waals surface area contributed by atoms with Crippen LogP contribution in [0.15, 0.2) is 31.9 Å². The number of thiol groups is 3. The van der Waals surface area contributed by atoms with Gasteiger partial charge in [-0.05, 0) is 34.4 Å². The van der Waals surface area contributed by atoms with Gasteiger partial charge in [0.25, 0.3) is 0 Å². The third kappa shape index (κ3) is 3.70. The van der Waals surface area contributed by atoms with Crippen LogP contribution in [-0.2, 0) is 0 Å². The average molecular weight is 295 g/mol. The molecule has 0 spiro atoms. The van der Waals surface area contributed by atoms with Crippen LogP contribution in [0.4, 0.5) is 0 Å². The van der Waals surface area contributed by atoms with E-state index < -0.39 is 0 Å². The van der Waals surface area contributed by atoms with Crippen molar-refractivity contribution in [3.05, 3.63) is 48.8 Å². The molecule has 0 fully saturated rings. The molecule has 0 bridgehead atoms. The first-order chi connectivity index (χ1) is 8.53. The minimum absolute atomic E-state index is 0.566. The standard InChI is InChI=1S/C14H17NS3/c1-9(6-16)12-4-13(10(2)7-17)15-14(5-12)11(3)8-18/h4-5,16-18H,1-3,6-8H2.